The molecule has 1 aliphatic heterocycles. The number of benzene rings is 2. The molecule has 2 aromatic carbocycles. The normalized spacial score (nSPS) is 14.6. The Morgan fingerprint density at radius 3 is 2.24 bits per heavy atom. The van der Waals surface area contributed by atoms with Gasteiger partial charge in [-0.3, -0.25) is 19.3 Å². The van der Waals surface area contributed by atoms with Gasteiger partial charge in [0.1, 0.15) is 0 Å². The van der Waals surface area contributed by atoms with E-state index in [1.807, 2.05) is 30.3 Å². The summed E-state index contributed by atoms with van der Waals surface area (Å²) < 4.78 is 5.21. The lowest BCUT2D eigenvalue weighted by molar-refractivity contribution is -0.129. The van der Waals surface area contributed by atoms with Crippen LogP contribution in [0.4, 0.5) is 5.69 Å². The maximum absolute atomic E-state index is 12.3. The van der Waals surface area contributed by atoms with Gasteiger partial charge in [0.05, 0.1) is 11.3 Å². The average molecular weight is 394 g/mol. The molecule has 3 amide bonds. The topological polar surface area (TPSA) is 92.8 Å². The van der Waals surface area contributed by atoms with Crippen LogP contribution in [0, 0.1) is 0 Å². The van der Waals surface area contributed by atoms with E-state index in [1.54, 1.807) is 0 Å². The lowest BCUT2D eigenvalue weighted by atomic mass is 10.1. The third kappa shape index (κ3) is 5.07. The monoisotopic (exact) mass is 394 g/mol. The van der Waals surface area contributed by atoms with E-state index >= 15 is 0 Å². The molecular formula is C22H22N2O5. The van der Waals surface area contributed by atoms with Gasteiger partial charge in [-0.1, -0.05) is 30.3 Å². The molecule has 1 heterocycles. The summed E-state index contributed by atoms with van der Waals surface area (Å²) in [5.74, 6) is -1.54. The Hall–Kier alpha value is -3.48. The Kier molecular flexibility index (Phi) is 6.39. The van der Waals surface area contributed by atoms with Gasteiger partial charge in [-0.2, -0.15) is 0 Å². The van der Waals surface area contributed by atoms with Crippen LogP contribution in [0.15, 0.2) is 54.6 Å². The van der Waals surface area contributed by atoms with Crippen molar-refractivity contribution in [2.75, 3.05) is 11.4 Å². The summed E-state index contributed by atoms with van der Waals surface area (Å²) in [5, 5.41) is 2.75. The van der Waals surface area contributed by atoms with E-state index in [9.17, 15) is 19.2 Å². The van der Waals surface area contributed by atoms with Crippen LogP contribution in [0.5, 0.6) is 0 Å². The van der Waals surface area contributed by atoms with Gasteiger partial charge in [0.25, 0.3) is 5.91 Å². The molecule has 1 fully saturated rings. The van der Waals surface area contributed by atoms with E-state index in [2.05, 4.69) is 5.32 Å². The molecule has 1 saturated heterocycles. The summed E-state index contributed by atoms with van der Waals surface area (Å²) in [6.07, 6.45) is 0.126. The Morgan fingerprint density at radius 2 is 1.62 bits per heavy atom. The van der Waals surface area contributed by atoms with Crippen molar-refractivity contribution in [3.05, 3.63) is 65.7 Å². The highest BCUT2D eigenvalue weighted by molar-refractivity contribution is 6.19. The molecule has 7 heteroatoms. The number of imide groups is 1. The second kappa shape index (κ2) is 9.14. The Balaban J connectivity index is 1.50. The van der Waals surface area contributed by atoms with Crippen LogP contribution in [-0.2, 0) is 25.5 Å². The first-order valence-electron chi connectivity index (χ1n) is 9.44. The van der Waals surface area contributed by atoms with E-state index in [0.717, 1.165) is 10.5 Å². The second-order valence-corrected chi connectivity index (χ2v) is 6.74. The summed E-state index contributed by atoms with van der Waals surface area (Å²) in [7, 11) is 0. The highest BCUT2D eigenvalue weighted by atomic mass is 16.5. The molecule has 29 heavy (non-hydrogen) atoms. The average Bonchev–Trinajstić information content (AvgIpc) is 3.06. The van der Waals surface area contributed by atoms with Crippen LogP contribution in [0.2, 0.25) is 0 Å². The molecule has 1 aliphatic rings. The van der Waals surface area contributed by atoms with E-state index in [4.69, 9.17) is 4.74 Å². The molecule has 150 valence electrons. The number of carbonyl (C=O) groups is 4. The third-order valence-electron chi connectivity index (χ3n) is 4.62. The molecule has 1 atom stereocenters. The van der Waals surface area contributed by atoms with Gasteiger partial charge in [0, 0.05) is 19.4 Å². The standard InChI is InChI=1S/C22H22N2O5/c1-15(21(27)23-14-13-16-5-3-2-4-6-16)29-22(28)17-7-9-18(10-8-17)24-19(25)11-12-20(24)26/h2-10,15H,11-14H2,1H3,(H,23,27)/t15-/m0/s1. The second-order valence-electron chi connectivity index (χ2n) is 6.74. The quantitative estimate of drug-likeness (QED) is 0.574. The minimum atomic E-state index is -0.945. The number of anilines is 1. The first kappa shape index (κ1) is 20.3. The van der Waals surface area contributed by atoms with Gasteiger partial charge >= 0.3 is 5.97 Å². The molecule has 2 aromatic rings. The number of rotatable bonds is 7. The predicted octanol–water partition coefficient (Wildman–Crippen LogP) is 2.24. The van der Waals surface area contributed by atoms with Crippen LogP contribution in [-0.4, -0.2) is 36.3 Å². The Labute approximate surface area is 168 Å². The maximum atomic E-state index is 12.3. The molecule has 0 unspecified atom stereocenters. The number of ether oxygens (including phenoxy) is 1. The molecule has 0 aliphatic carbocycles. The highest BCUT2D eigenvalue weighted by Crippen LogP contribution is 2.23. The first-order chi connectivity index (χ1) is 14.0. The van der Waals surface area contributed by atoms with E-state index in [1.165, 1.54) is 31.2 Å². The van der Waals surface area contributed by atoms with Crippen LogP contribution in [0.1, 0.15) is 35.7 Å². The van der Waals surface area contributed by atoms with Crippen molar-refractivity contribution in [2.45, 2.75) is 32.3 Å². The van der Waals surface area contributed by atoms with Crippen molar-refractivity contribution >= 4 is 29.4 Å². The summed E-state index contributed by atoms with van der Waals surface area (Å²) in [6.45, 7) is 1.95. The third-order valence-corrected chi connectivity index (χ3v) is 4.62. The number of amides is 3. The summed E-state index contributed by atoms with van der Waals surface area (Å²) in [5.41, 5.74) is 1.75. The predicted molar refractivity (Wildman–Crippen MR) is 106 cm³/mol. The molecule has 7 nitrogen and oxygen atoms in total. The fraction of sp³-hybridized carbons (Fsp3) is 0.273. The number of carbonyl (C=O) groups excluding carboxylic acids is 4. The zero-order chi connectivity index (χ0) is 20.8. The van der Waals surface area contributed by atoms with Crippen molar-refractivity contribution in [3.63, 3.8) is 0 Å². The first-order valence-corrected chi connectivity index (χ1v) is 9.44. The molecule has 0 radical (unpaired) electrons. The Bertz CT molecular complexity index is 893. The van der Waals surface area contributed by atoms with Gasteiger partial charge in [-0.25, -0.2) is 4.79 Å². The molecule has 0 aromatic heterocycles. The largest absolute Gasteiger partial charge is 0.449 e. The van der Waals surface area contributed by atoms with E-state index < -0.39 is 12.1 Å². The molecule has 0 saturated carbocycles. The lowest BCUT2D eigenvalue weighted by Gasteiger charge is -2.15. The number of hydrogen-bond acceptors (Lipinski definition) is 5. The smallest absolute Gasteiger partial charge is 0.338 e. The number of hydrogen-bond donors (Lipinski definition) is 1. The number of nitrogens with zero attached hydrogens (tertiary/aromatic N) is 1. The molecule has 0 spiro atoms. The molecular weight excluding hydrogens is 372 g/mol. The van der Waals surface area contributed by atoms with Crippen molar-refractivity contribution in [1.82, 2.24) is 5.32 Å². The highest BCUT2D eigenvalue weighted by Gasteiger charge is 2.30. The zero-order valence-electron chi connectivity index (χ0n) is 16.1. The van der Waals surface area contributed by atoms with Crippen molar-refractivity contribution in [1.29, 1.82) is 0 Å². The van der Waals surface area contributed by atoms with Crippen LogP contribution in [0.25, 0.3) is 0 Å². The van der Waals surface area contributed by atoms with Gasteiger partial charge in [-0.15, -0.1) is 0 Å². The van der Waals surface area contributed by atoms with Crippen LogP contribution >= 0.6 is 0 Å². The van der Waals surface area contributed by atoms with Crippen LogP contribution < -0.4 is 10.2 Å². The lowest BCUT2D eigenvalue weighted by Crippen LogP contribution is -2.36. The summed E-state index contributed by atoms with van der Waals surface area (Å²) in [4.78, 5) is 49.0. The van der Waals surface area contributed by atoms with Gasteiger partial charge in [-0.05, 0) is 43.2 Å². The van der Waals surface area contributed by atoms with Crippen LogP contribution in [0.3, 0.4) is 0 Å². The SMILES string of the molecule is C[C@H](OC(=O)c1ccc(N2C(=O)CCC2=O)cc1)C(=O)NCCc1ccccc1. The minimum absolute atomic E-state index is 0.194. The summed E-state index contributed by atoms with van der Waals surface area (Å²) in [6, 6.07) is 15.7. The maximum Gasteiger partial charge on any atom is 0.338 e. The zero-order valence-corrected chi connectivity index (χ0v) is 16.1. The minimum Gasteiger partial charge on any atom is -0.449 e. The fourth-order valence-corrected chi connectivity index (χ4v) is 3.01. The van der Waals surface area contributed by atoms with E-state index in [-0.39, 0.29) is 36.1 Å². The van der Waals surface area contributed by atoms with Crippen molar-refractivity contribution in [3.8, 4) is 0 Å². The number of nitrogens with one attached hydrogen (secondary N) is 1. The summed E-state index contributed by atoms with van der Waals surface area (Å²) >= 11 is 0. The fourth-order valence-electron chi connectivity index (χ4n) is 3.01. The number of esters is 1. The molecule has 3 rings (SSSR count). The molecule has 0 bridgehead atoms. The van der Waals surface area contributed by atoms with Gasteiger partial charge in [0.2, 0.25) is 11.8 Å². The van der Waals surface area contributed by atoms with Gasteiger partial charge in [0.15, 0.2) is 6.10 Å². The van der Waals surface area contributed by atoms with Crippen molar-refractivity contribution in [2.24, 2.45) is 0 Å². The Morgan fingerprint density at radius 1 is 1.00 bits per heavy atom. The van der Waals surface area contributed by atoms with E-state index in [0.29, 0.717) is 18.7 Å². The van der Waals surface area contributed by atoms with Gasteiger partial charge < -0.3 is 10.1 Å². The van der Waals surface area contributed by atoms with Crippen molar-refractivity contribution < 1.29 is 23.9 Å². The molecule has 1 N–H and O–H groups in total.